The van der Waals surface area contributed by atoms with E-state index < -0.39 is 17.8 Å². The van der Waals surface area contributed by atoms with Crippen LogP contribution in [0.2, 0.25) is 0 Å². The summed E-state index contributed by atoms with van der Waals surface area (Å²) in [5, 5.41) is 36.4. The summed E-state index contributed by atoms with van der Waals surface area (Å²) < 4.78 is 0. The molecule has 0 bridgehead atoms. The number of hydrogen-bond donors (Lipinski definition) is 4. The van der Waals surface area contributed by atoms with E-state index in [9.17, 15) is 10.2 Å². The molecule has 0 saturated heterocycles. The first kappa shape index (κ1) is 11.8. The molecule has 0 aromatic carbocycles. The fourth-order valence-corrected chi connectivity index (χ4v) is 0.863. The lowest BCUT2D eigenvalue weighted by Crippen LogP contribution is -2.52. The van der Waals surface area contributed by atoms with Crippen LogP contribution in [0.15, 0.2) is 0 Å². The number of aliphatic hydroxyl groups excluding tert-OH is 2. The predicted molar refractivity (Wildman–Crippen MR) is 44.7 cm³/mol. The summed E-state index contributed by atoms with van der Waals surface area (Å²) in [7, 11) is 0. The minimum Gasteiger partial charge on any atom is -0.396 e. The summed E-state index contributed by atoms with van der Waals surface area (Å²) in [6.45, 7) is 2.28. The maximum absolute atomic E-state index is 9.65. The molecule has 4 heteroatoms. The highest BCUT2D eigenvalue weighted by Crippen LogP contribution is 2.25. The van der Waals surface area contributed by atoms with Crippen molar-refractivity contribution in [1.29, 1.82) is 0 Å². The average molecular weight is 178 g/mol. The fourth-order valence-electron chi connectivity index (χ4n) is 0.863. The largest absolute Gasteiger partial charge is 0.396 e. The van der Waals surface area contributed by atoms with Gasteiger partial charge in [0.15, 0.2) is 0 Å². The van der Waals surface area contributed by atoms with E-state index in [1.807, 2.05) is 0 Å². The third-order valence-corrected chi connectivity index (χ3v) is 2.29. The van der Waals surface area contributed by atoms with Crippen molar-refractivity contribution in [1.82, 2.24) is 0 Å². The molecule has 0 aromatic heterocycles. The molecule has 12 heavy (non-hydrogen) atoms. The third kappa shape index (κ3) is 2.71. The van der Waals surface area contributed by atoms with Crippen molar-refractivity contribution >= 4 is 0 Å². The van der Waals surface area contributed by atoms with E-state index in [0.29, 0.717) is 6.42 Å². The summed E-state index contributed by atoms with van der Waals surface area (Å²) in [6.07, 6.45) is 0.667. The van der Waals surface area contributed by atoms with Crippen LogP contribution in [0.5, 0.6) is 0 Å². The normalized spacial score (nSPS) is 21.5. The van der Waals surface area contributed by atoms with Crippen molar-refractivity contribution < 1.29 is 20.4 Å². The van der Waals surface area contributed by atoms with Gasteiger partial charge in [-0.25, -0.2) is 0 Å². The zero-order valence-electron chi connectivity index (χ0n) is 7.62. The molecule has 0 radical (unpaired) electrons. The van der Waals surface area contributed by atoms with Crippen molar-refractivity contribution in [3.63, 3.8) is 0 Å². The lowest BCUT2D eigenvalue weighted by atomic mass is 9.83. The van der Waals surface area contributed by atoms with Gasteiger partial charge >= 0.3 is 0 Å². The first-order valence-corrected chi connectivity index (χ1v) is 4.04. The first-order chi connectivity index (χ1) is 5.37. The van der Waals surface area contributed by atoms with Crippen LogP contribution >= 0.6 is 0 Å². The van der Waals surface area contributed by atoms with E-state index in [4.69, 9.17) is 10.2 Å². The fraction of sp³-hybridized carbons (Fsp3) is 1.00. The quantitative estimate of drug-likeness (QED) is 0.446. The summed E-state index contributed by atoms with van der Waals surface area (Å²) in [6, 6.07) is 0. The molecule has 0 rings (SSSR count). The van der Waals surface area contributed by atoms with Crippen LogP contribution in [0.25, 0.3) is 0 Å². The van der Waals surface area contributed by atoms with Crippen LogP contribution in [0.1, 0.15) is 26.7 Å². The zero-order chi connectivity index (χ0) is 9.83. The monoisotopic (exact) mass is 178 g/mol. The zero-order valence-corrected chi connectivity index (χ0v) is 7.62. The average Bonchev–Trinajstić information content (AvgIpc) is 2.00. The van der Waals surface area contributed by atoms with Crippen LogP contribution < -0.4 is 0 Å². The Balaban J connectivity index is 4.17. The summed E-state index contributed by atoms with van der Waals surface area (Å²) in [5.74, 6) is 0. The van der Waals surface area contributed by atoms with Gasteiger partial charge in [0.1, 0.15) is 5.60 Å². The van der Waals surface area contributed by atoms with Crippen LogP contribution in [0.3, 0.4) is 0 Å². The van der Waals surface area contributed by atoms with Gasteiger partial charge < -0.3 is 20.4 Å². The van der Waals surface area contributed by atoms with Gasteiger partial charge in [-0.1, -0.05) is 0 Å². The highest BCUT2D eigenvalue weighted by Gasteiger charge is 2.40. The van der Waals surface area contributed by atoms with Gasteiger partial charge in [0.2, 0.25) is 0 Å². The topological polar surface area (TPSA) is 80.9 Å². The lowest BCUT2D eigenvalue weighted by Gasteiger charge is -2.37. The van der Waals surface area contributed by atoms with Crippen molar-refractivity contribution in [3.05, 3.63) is 0 Å². The van der Waals surface area contributed by atoms with Crippen LogP contribution in [0, 0.1) is 0 Å². The molecule has 0 aliphatic heterocycles. The highest BCUT2D eigenvalue weighted by atomic mass is 16.4. The number of hydrogen-bond acceptors (Lipinski definition) is 4. The minimum absolute atomic E-state index is 0.0301. The Morgan fingerprint density at radius 2 is 1.50 bits per heavy atom. The van der Waals surface area contributed by atoms with E-state index in [0.717, 1.165) is 0 Å². The third-order valence-electron chi connectivity index (χ3n) is 2.29. The molecule has 2 atom stereocenters. The van der Waals surface area contributed by atoms with Gasteiger partial charge in [-0.05, 0) is 26.7 Å². The Labute approximate surface area is 72.5 Å². The molecule has 0 fully saturated rings. The highest BCUT2D eigenvalue weighted by molar-refractivity contribution is 4.92. The second kappa shape index (κ2) is 4.18. The molecule has 2 unspecified atom stereocenters. The van der Waals surface area contributed by atoms with Crippen molar-refractivity contribution in [2.75, 3.05) is 13.2 Å². The van der Waals surface area contributed by atoms with E-state index in [1.165, 1.54) is 13.8 Å². The maximum atomic E-state index is 9.65. The van der Waals surface area contributed by atoms with E-state index in [2.05, 4.69) is 0 Å². The molecule has 0 amide bonds. The summed E-state index contributed by atoms with van der Waals surface area (Å²) >= 11 is 0. The SMILES string of the molecule is CC(O)(CO)C(C)(O)CCCO. The second-order valence-electron chi connectivity index (χ2n) is 3.53. The molecule has 0 aliphatic rings. The van der Waals surface area contributed by atoms with Gasteiger partial charge in [-0.15, -0.1) is 0 Å². The Kier molecular flexibility index (Phi) is 4.13. The molecule has 0 aromatic rings. The van der Waals surface area contributed by atoms with Crippen LogP contribution in [-0.4, -0.2) is 44.8 Å². The maximum Gasteiger partial charge on any atom is 0.113 e. The van der Waals surface area contributed by atoms with Crippen molar-refractivity contribution in [3.8, 4) is 0 Å². The van der Waals surface area contributed by atoms with Crippen LogP contribution in [0.4, 0.5) is 0 Å². The van der Waals surface area contributed by atoms with Gasteiger partial charge in [-0.2, -0.15) is 0 Å². The summed E-state index contributed by atoms with van der Waals surface area (Å²) in [5.41, 5.74) is -2.87. The Morgan fingerprint density at radius 1 is 1.00 bits per heavy atom. The molecule has 0 aliphatic carbocycles. The standard InChI is InChI=1S/C8H18O4/c1-7(11,4-3-5-9)8(2,12)6-10/h9-12H,3-6H2,1-2H3. The smallest absolute Gasteiger partial charge is 0.113 e. The van der Waals surface area contributed by atoms with Gasteiger partial charge in [0, 0.05) is 6.61 Å². The van der Waals surface area contributed by atoms with Gasteiger partial charge in [0.25, 0.3) is 0 Å². The minimum atomic E-state index is -1.51. The molecule has 0 heterocycles. The molecule has 4 N–H and O–H groups in total. The first-order valence-electron chi connectivity index (χ1n) is 4.04. The van der Waals surface area contributed by atoms with E-state index in [1.54, 1.807) is 0 Å². The van der Waals surface area contributed by atoms with Crippen molar-refractivity contribution in [2.24, 2.45) is 0 Å². The van der Waals surface area contributed by atoms with Crippen molar-refractivity contribution in [2.45, 2.75) is 37.9 Å². The lowest BCUT2D eigenvalue weighted by molar-refractivity contribution is -0.156. The van der Waals surface area contributed by atoms with E-state index in [-0.39, 0.29) is 13.0 Å². The molecular weight excluding hydrogens is 160 g/mol. The number of rotatable bonds is 5. The summed E-state index contributed by atoms with van der Waals surface area (Å²) in [4.78, 5) is 0. The molecule has 0 spiro atoms. The van der Waals surface area contributed by atoms with E-state index >= 15 is 0 Å². The molecule has 4 nitrogen and oxygen atoms in total. The number of aliphatic hydroxyl groups is 4. The van der Waals surface area contributed by atoms with Gasteiger partial charge in [0.05, 0.1) is 12.2 Å². The predicted octanol–water partition coefficient (Wildman–Crippen LogP) is -0.747. The van der Waals surface area contributed by atoms with Gasteiger partial charge in [-0.3, -0.25) is 0 Å². The Morgan fingerprint density at radius 3 is 1.83 bits per heavy atom. The Bertz CT molecular complexity index is 131. The Hall–Kier alpha value is -0.160. The van der Waals surface area contributed by atoms with Crippen LogP contribution in [-0.2, 0) is 0 Å². The molecule has 74 valence electrons. The molecular formula is C8H18O4. The second-order valence-corrected chi connectivity index (χ2v) is 3.53. The molecule has 0 saturated carbocycles.